The first-order valence-corrected chi connectivity index (χ1v) is 31.1. The van der Waals surface area contributed by atoms with Crippen molar-refractivity contribution >= 4 is 11.9 Å². The summed E-state index contributed by atoms with van der Waals surface area (Å²) in [5, 5.41) is 23.1. The zero-order valence-corrected chi connectivity index (χ0v) is 46.6. The van der Waals surface area contributed by atoms with Crippen molar-refractivity contribution in [3.05, 3.63) is 24.3 Å². The van der Waals surface area contributed by atoms with Crippen molar-refractivity contribution in [2.45, 2.75) is 353 Å². The van der Waals surface area contributed by atoms with Gasteiger partial charge in [0.2, 0.25) is 5.91 Å². The lowest BCUT2D eigenvalue weighted by atomic mass is 10.0. The number of allylic oxidation sites excluding steroid dienone is 3. The van der Waals surface area contributed by atoms with Crippen molar-refractivity contribution in [3.8, 4) is 0 Å². The molecule has 1 amide bonds. The molecule has 0 spiro atoms. The second kappa shape index (κ2) is 58.9. The molecule has 2 atom stereocenters. The first-order chi connectivity index (χ1) is 34.0. The maximum atomic E-state index is 12.5. The molecule has 0 aliphatic carbocycles. The van der Waals surface area contributed by atoms with E-state index in [1.165, 1.54) is 270 Å². The van der Waals surface area contributed by atoms with Gasteiger partial charge in [-0.25, -0.2) is 0 Å². The third kappa shape index (κ3) is 55.5. The zero-order chi connectivity index (χ0) is 50.0. The van der Waals surface area contributed by atoms with E-state index in [-0.39, 0.29) is 18.5 Å². The highest BCUT2D eigenvalue weighted by Gasteiger charge is 2.18. The maximum absolute atomic E-state index is 12.5. The van der Waals surface area contributed by atoms with Gasteiger partial charge in [-0.2, -0.15) is 0 Å². The summed E-state index contributed by atoms with van der Waals surface area (Å²) in [6.07, 6.45) is 72.2. The topological polar surface area (TPSA) is 95.9 Å². The lowest BCUT2D eigenvalue weighted by molar-refractivity contribution is -0.143. The monoisotopic (exact) mass is 972 g/mol. The van der Waals surface area contributed by atoms with Gasteiger partial charge in [-0.3, -0.25) is 9.59 Å². The molecule has 0 fully saturated rings. The highest BCUT2D eigenvalue weighted by molar-refractivity contribution is 5.76. The Morgan fingerprint density at radius 3 is 1.03 bits per heavy atom. The van der Waals surface area contributed by atoms with Crippen LogP contribution in [-0.2, 0) is 14.3 Å². The molecule has 0 saturated carbocycles. The number of esters is 1. The van der Waals surface area contributed by atoms with Gasteiger partial charge >= 0.3 is 5.97 Å². The smallest absolute Gasteiger partial charge is 0.305 e. The van der Waals surface area contributed by atoms with Crippen molar-refractivity contribution in [2.75, 3.05) is 13.2 Å². The molecule has 0 bridgehead atoms. The number of aliphatic hydroxyl groups is 2. The Kier molecular flexibility index (Phi) is 57.5. The molecule has 0 heterocycles. The van der Waals surface area contributed by atoms with Crippen LogP contribution in [-0.4, -0.2) is 47.4 Å². The molecule has 408 valence electrons. The number of unbranched alkanes of at least 4 members (excludes halogenated alkanes) is 45. The first kappa shape index (κ1) is 67.3. The fourth-order valence-corrected chi connectivity index (χ4v) is 9.69. The van der Waals surface area contributed by atoms with Gasteiger partial charge < -0.3 is 20.3 Å². The Labute approximate surface area is 431 Å². The molecular formula is C63H121NO5. The third-order valence-corrected chi connectivity index (χ3v) is 14.5. The number of carbonyl (C=O) groups is 2. The van der Waals surface area contributed by atoms with Crippen LogP contribution in [0.5, 0.6) is 0 Å². The Morgan fingerprint density at radius 2 is 0.681 bits per heavy atom. The molecule has 0 aromatic heterocycles. The van der Waals surface area contributed by atoms with Crippen LogP contribution >= 0.6 is 0 Å². The van der Waals surface area contributed by atoms with Gasteiger partial charge in [0.05, 0.1) is 25.4 Å². The highest BCUT2D eigenvalue weighted by atomic mass is 16.5. The van der Waals surface area contributed by atoms with E-state index in [0.717, 1.165) is 44.9 Å². The lowest BCUT2D eigenvalue weighted by Gasteiger charge is -2.20. The number of amides is 1. The van der Waals surface area contributed by atoms with E-state index >= 15 is 0 Å². The van der Waals surface area contributed by atoms with Gasteiger partial charge in [-0.1, -0.05) is 295 Å². The van der Waals surface area contributed by atoms with Gasteiger partial charge in [-0.15, -0.1) is 0 Å². The molecule has 0 saturated heterocycles. The van der Waals surface area contributed by atoms with Gasteiger partial charge in [0.25, 0.3) is 0 Å². The fraction of sp³-hybridized carbons (Fsp3) is 0.905. The molecule has 0 aliphatic rings. The number of aliphatic hydroxyl groups excluding tert-OH is 2. The van der Waals surface area contributed by atoms with Gasteiger partial charge in [0.1, 0.15) is 0 Å². The van der Waals surface area contributed by atoms with E-state index in [9.17, 15) is 19.8 Å². The normalized spacial score (nSPS) is 12.7. The van der Waals surface area contributed by atoms with Crippen molar-refractivity contribution in [3.63, 3.8) is 0 Å². The second-order valence-corrected chi connectivity index (χ2v) is 21.4. The van der Waals surface area contributed by atoms with E-state index in [2.05, 4.69) is 31.3 Å². The van der Waals surface area contributed by atoms with E-state index in [1.807, 2.05) is 6.08 Å². The van der Waals surface area contributed by atoms with Crippen LogP contribution in [0.1, 0.15) is 341 Å². The van der Waals surface area contributed by atoms with Crippen LogP contribution in [0.15, 0.2) is 24.3 Å². The average Bonchev–Trinajstić information content (AvgIpc) is 3.35. The molecule has 6 nitrogen and oxygen atoms in total. The summed E-state index contributed by atoms with van der Waals surface area (Å²) in [5.74, 6) is -0.0613. The summed E-state index contributed by atoms with van der Waals surface area (Å²) < 4.78 is 5.49. The molecule has 2 unspecified atom stereocenters. The van der Waals surface area contributed by atoms with Crippen LogP contribution in [0.25, 0.3) is 0 Å². The molecular weight excluding hydrogens is 851 g/mol. The Hall–Kier alpha value is -1.66. The Morgan fingerprint density at radius 1 is 0.391 bits per heavy atom. The van der Waals surface area contributed by atoms with E-state index < -0.39 is 12.1 Å². The number of ether oxygens (including phenoxy) is 1. The number of hydrogen-bond acceptors (Lipinski definition) is 5. The minimum absolute atomic E-state index is 0.00562. The molecule has 6 heteroatoms. The van der Waals surface area contributed by atoms with Crippen molar-refractivity contribution < 1.29 is 24.5 Å². The summed E-state index contributed by atoms with van der Waals surface area (Å²) in [6.45, 7) is 4.91. The predicted octanol–water partition coefficient (Wildman–Crippen LogP) is 19.4. The molecule has 0 rings (SSSR count). The first-order valence-electron chi connectivity index (χ1n) is 31.1. The number of nitrogens with one attached hydrogen (secondary N) is 1. The van der Waals surface area contributed by atoms with Crippen LogP contribution in [0.2, 0.25) is 0 Å². The maximum Gasteiger partial charge on any atom is 0.305 e. The molecule has 69 heavy (non-hydrogen) atoms. The predicted molar refractivity (Wildman–Crippen MR) is 301 cm³/mol. The third-order valence-electron chi connectivity index (χ3n) is 14.5. The van der Waals surface area contributed by atoms with Crippen LogP contribution in [0.4, 0.5) is 0 Å². The number of rotatable bonds is 58. The highest BCUT2D eigenvalue weighted by Crippen LogP contribution is 2.17. The van der Waals surface area contributed by atoms with Gasteiger partial charge in [-0.05, 0) is 57.8 Å². The summed E-state index contributed by atoms with van der Waals surface area (Å²) in [7, 11) is 0. The van der Waals surface area contributed by atoms with E-state index in [0.29, 0.717) is 19.4 Å². The second-order valence-electron chi connectivity index (χ2n) is 21.4. The largest absolute Gasteiger partial charge is 0.466 e. The van der Waals surface area contributed by atoms with Gasteiger partial charge in [0, 0.05) is 12.8 Å². The number of carbonyl (C=O) groups excluding carboxylic acids is 2. The zero-order valence-electron chi connectivity index (χ0n) is 46.6. The summed E-state index contributed by atoms with van der Waals surface area (Å²) >= 11 is 0. The molecule has 0 aromatic rings. The molecule has 0 radical (unpaired) electrons. The quantitative estimate of drug-likeness (QED) is 0.0321. The Bertz CT molecular complexity index is 1080. The van der Waals surface area contributed by atoms with Crippen molar-refractivity contribution in [1.82, 2.24) is 5.32 Å². The summed E-state index contributed by atoms with van der Waals surface area (Å²) in [6, 6.07) is -0.627. The van der Waals surface area contributed by atoms with E-state index in [1.54, 1.807) is 6.08 Å². The molecule has 3 N–H and O–H groups in total. The average molecular weight is 973 g/mol. The van der Waals surface area contributed by atoms with Crippen molar-refractivity contribution in [2.24, 2.45) is 0 Å². The van der Waals surface area contributed by atoms with Gasteiger partial charge in [0.15, 0.2) is 0 Å². The summed E-state index contributed by atoms with van der Waals surface area (Å²) in [5.41, 5.74) is 0. The Balaban J connectivity index is 3.39. The molecule has 0 aromatic carbocycles. The lowest BCUT2D eigenvalue weighted by Crippen LogP contribution is -2.45. The SMILES string of the molecule is CCCCCCCCC/C=C\CCCCCCCC(=O)OCCCCCCCCCCCCCCCCCCCCCCCCC(=O)NC(CO)C(O)/C=C/CCCCCCCCCCCCCC. The fourth-order valence-electron chi connectivity index (χ4n) is 9.69. The number of hydrogen-bond donors (Lipinski definition) is 3. The van der Waals surface area contributed by atoms with Crippen LogP contribution < -0.4 is 5.32 Å². The summed E-state index contributed by atoms with van der Waals surface area (Å²) in [4.78, 5) is 24.5. The van der Waals surface area contributed by atoms with Crippen LogP contribution in [0.3, 0.4) is 0 Å². The minimum Gasteiger partial charge on any atom is -0.466 e. The van der Waals surface area contributed by atoms with Crippen molar-refractivity contribution in [1.29, 1.82) is 0 Å². The van der Waals surface area contributed by atoms with Crippen LogP contribution in [0, 0.1) is 0 Å². The minimum atomic E-state index is -0.844. The van der Waals surface area contributed by atoms with E-state index in [4.69, 9.17) is 4.74 Å². The molecule has 0 aliphatic heterocycles. The standard InChI is InChI=1S/C63H121NO5/c1-3-5-7-9-11-13-15-17-19-29-33-37-41-45-49-53-57-63(68)69-58-54-50-46-42-38-34-30-27-25-23-21-20-22-24-26-28-32-36-40-44-48-52-56-62(67)64-60(59-65)61(66)55-51-47-43-39-35-31-18-16-14-12-10-8-6-4-2/h19,29,51,55,60-61,65-66H,3-18,20-28,30-50,52-54,56-59H2,1-2H3,(H,64,67)/b29-19-,55-51+.